The van der Waals surface area contributed by atoms with Gasteiger partial charge in [-0.25, -0.2) is 0 Å². The predicted molar refractivity (Wildman–Crippen MR) is 124 cm³/mol. The highest BCUT2D eigenvalue weighted by Gasteiger charge is 2.52. The Morgan fingerprint density at radius 3 is 2.35 bits per heavy atom. The van der Waals surface area contributed by atoms with Crippen molar-refractivity contribution in [2.75, 3.05) is 13.2 Å². The van der Waals surface area contributed by atoms with E-state index in [4.69, 9.17) is 9.47 Å². The molecule has 0 bridgehead atoms. The Balaban J connectivity index is 1.78. The normalized spacial score (nSPS) is 47.3. The zero-order chi connectivity index (χ0) is 24.9. The van der Waals surface area contributed by atoms with Crippen molar-refractivity contribution in [3.63, 3.8) is 0 Å². The molecule has 0 aromatic heterocycles. The van der Waals surface area contributed by atoms with E-state index in [0.717, 1.165) is 31.3 Å². The average Bonchev–Trinajstić information content (AvgIpc) is 3.36. The van der Waals surface area contributed by atoms with Gasteiger partial charge in [-0.05, 0) is 49.0 Å². The van der Waals surface area contributed by atoms with Crippen molar-refractivity contribution in [2.45, 2.75) is 96.3 Å². The molecule has 11 unspecified atom stereocenters. The monoisotopic (exact) mass is 482 g/mol. The number of ether oxygens (including phenoxy) is 2. The lowest BCUT2D eigenvalue weighted by atomic mass is 9.68. The molecule has 3 aliphatic carbocycles. The first kappa shape index (κ1) is 26.2. The van der Waals surface area contributed by atoms with Crippen LogP contribution in [-0.4, -0.2) is 86.8 Å². The summed E-state index contributed by atoms with van der Waals surface area (Å²) in [7, 11) is 0. The first-order valence-electron chi connectivity index (χ1n) is 12.7. The van der Waals surface area contributed by atoms with Gasteiger partial charge in [0.05, 0.1) is 12.7 Å². The minimum Gasteiger partial charge on any atom is -0.396 e. The Kier molecular flexibility index (Phi) is 7.64. The van der Waals surface area contributed by atoms with Crippen LogP contribution in [-0.2, 0) is 9.47 Å². The van der Waals surface area contributed by atoms with Crippen molar-refractivity contribution < 1.29 is 40.1 Å². The van der Waals surface area contributed by atoms with Gasteiger partial charge in [-0.2, -0.15) is 0 Å². The molecule has 0 aromatic carbocycles. The molecule has 1 saturated heterocycles. The molecule has 0 amide bonds. The number of aliphatic hydroxyl groups is 6. The van der Waals surface area contributed by atoms with E-state index in [1.165, 1.54) is 11.1 Å². The molecule has 1 aliphatic heterocycles. The van der Waals surface area contributed by atoms with Crippen LogP contribution >= 0.6 is 0 Å². The van der Waals surface area contributed by atoms with E-state index >= 15 is 0 Å². The van der Waals surface area contributed by atoms with Crippen LogP contribution in [0.5, 0.6) is 0 Å². The Morgan fingerprint density at radius 2 is 1.74 bits per heavy atom. The van der Waals surface area contributed by atoms with Crippen molar-refractivity contribution in [2.24, 2.45) is 29.1 Å². The lowest BCUT2D eigenvalue weighted by Gasteiger charge is -2.45. The summed E-state index contributed by atoms with van der Waals surface area (Å²) in [5.41, 5.74) is 3.03. The van der Waals surface area contributed by atoms with Gasteiger partial charge in [-0.3, -0.25) is 0 Å². The van der Waals surface area contributed by atoms with Gasteiger partial charge in [-0.15, -0.1) is 0 Å². The molecule has 34 heavy (non-hydrogen) atoms. The van der Waals surface area contributed by atoms with Crippen molar-refractivity contribution in [3.8, 4) is 0 Å². The maximum absolute atomic E-state index is 11.7. The Labute approximate surface area is 201 Å². The fourth-order valence-electron chi connectivity index (χ4n) is 6.82. The molecular formula is C26H42O8. The number of hydrogen-bond donors (Lipinski definition) is 6. The minimum absolute atomic E-state index is 0.0993. The molecule has 8 nitrogen and oxygen atoms in total. The Bertz CT molecular complexity index is 807. The largest absolute Gasteiger partial charge is 0.396 e. The van der Waals surface area contributed by atoms with Crippen molar-refractivity contribution in [1.82, 2.24) is 0 Å². The van der Waals surface area contributed by atoms with Crippen LogP contribution in [0.2, 0.25) is 0 Å². The molecule has 194 valence electrons. The highest BCUT2D eigenvalue weighted by Crippen LogP contribution is 2.55. The summed E-state index contributed by atoms with van der Waals surface area (Å²) >= 11 is 0. The molecule has 8 heteroatoms. The standard InChI is InChI=1S/C26H42O8/c1-12(2)15-7-8-26(4)9-17-14(10-27)5-6-16(17)13(3)20(29)24(19(15)26)34-25-23(32)22(31)21(30)18(11-28)33-25/h9,12-14,16,18,20-25,27-32H,5-8,10-11H2,1-4H3. The van der Waals surface area contributed by atoms with Crippen LogP contribution in [0.4, 0.5) is 0 Å². The van der Waals surface area contributed by atoms with E-state index in [1.54, 1.807) is 0 Å². The van der Waals surface area contributed by atoms with Gasteiger partial charge in [0, 0.05) is 17.9 Å². The molecule has 6 N–H and O–H groups in total. The highest BCUT2D eigenvalue weighted by atomic mass is 16.7. The van der Waals surface area contributed by atoms with E-state index in [9.17, 15) is 30.6 Å². The molecule has 1 saturated carbocycles. The molecule has 2 fully saturated rings. The second kappa shape index (κ2) is 9.90. The molecule has 1 heterocycles. The van der Waals surface area contributed by atoms with Gasteiger partial charge in [0.2, 0.25) is 0 Å². The summed E-state index contributed by atoms with van der Waals surface area (Å²) in [5, 5.41) is 62.5. The van der Waals surface area contributed by atoms with E-state index in [1.807, 2.05) is 6.92 Å². The second-order valence-electron chi connectivity index (χ2n) is 11.3. The minimum atomic E-state index is -1.54. The van der Waals surface area contributed by atoms with Crippen molar-refractivity contribution in [3.05, 3.63) is 22.8 Å². The van der Waals surface area contributed by atoms with E-state index in [-0.39, 0.29) is 35.7 Å². The summed E-state index contributed by atoms with van der Waals surface area (Å²) in [5.74, 6) is 0.285. The maximum atomic E-state index is 11.7. The lowest BCUT2D eigenvalue weighted by Crippen LogP contribution is -2.60. The summed E-state index contributed by atoms with van der Waals surface area (Å²) < 4.78 is 12.0. The van der Waals surface area contributed by atoms with Gasteiger partial charge >= 0.3 is 0 Å². The van der Waals surface area contributed by atoms with Crippen LogP contribution < -0.4 is 0 Å². The summed E-state index contributed by atoms with van der Waals surface area (Å²) in [6, 6.07) is 0. The summed E-state index contributed by atoms with van der Waals surface area (Å²) in [6.45, 7) is 7.96. The fourth-order valence-corrected chi connectivity index (χ4v) is 6.82. The third kappa shape index (κ3) is 4.30. The number of fused-ring (bicyclic) bond motifs is 2. The SMILES string of the molecule is CC(C)C1=C2C(OC3OC(CO)C(O)C(O)C3O)C(O)C(C)C3CCC(CO)C3=CC2(C)CC1. The zero-order valence-electron chi connectivity index (χ0n) is 20.7. The number of rotatable bonds is 5. The average molecular weight is 483 g/mol. The number of allylic oxidation sites excluding steroid dienone is 2. The van der Waals surface area contributed by atoms with Crippen LogP contribution in [0.1, 0.15) is 53.4 Å². The van der Waals surface area contributed by atoms with Gasteiger partial charge in [0.1, 0.15) is 30.5 Å². The third-order valence-corrected chi connectivity index (χ3v) is 8.90. The smallest absolute Gasteiger partial charge is 0.187 e. The third-order valence-electron chi connectivity index (χ3n) is 8.90. The first-order valence-corrected chi connectivity index (χ1v) is 12.7. The second-order valence-corrected chi connectivity index (χ2v) is 11.3. The molecule has 4 aliphatic rings. The van der Waals surface area contributed by atoms with Crippen LogP contribution in [0.15, 0.2) is 22.8 Å². The van der Waals surface area contributed by atoms with Gasteiger partial charge < -0.3 is 40.1 Å². The van der Waals surface area contributed by atoms with Crippen molar-refractivity contribution >= 4 is 0 Å². The van der Waals surface area contributed by atoms with Gasteiger partial charge in [-0.1, -0.05) is 44.9 Å². The quantitative estimate of drug-likeness (QED) is 0.318. The fraction of sp³-hybridized carbons (Fsp3) is 0.846. The van der Waals surface area contributed by atoms with Crippen LogP contribution in [0, 0.1) is 29.1 Å². The van der Waals surface area contributed by atoms with Gasteiger partial charge in [0.15, 0.2) is 6.29 Å². The summed E-state index contributed by atoms with van der Waals surface area (Å²) in [4.78, 5) is 0. The summed E-state index contributed by atoms with van der Waals surface area (Å²) in [6.07, 6.45) is -2.83. The molecule has 0 radical (unpaired) electrons. The molecule has 0 aromatic rings. The topological polar surface area (TPSA) is 140 Å². The van der Waals surface area contributed by atoms with Crippen molar-refractivity contribution in [1.29, 1.82) is 0 Å². The van der Waals surface area contributed by atoms with E-state index in [0.29, 0.717) is 0 Å². The molecular weight excluding hydrogens is 440 g/mol. The first-order chi connectivity index (χ1) is 16.0. The van der Waals surface area contributed by atoms with Crippen LogP contribution in [0.3, 0.4) is 0 Å². The predicted octanol–water partition coefficient (Wildman–Crippen LogP) is 0.880. The number of hydrogen-bond acceptors (Lipinski definition) is 8. The Morgan fingerprint density at radius 1 is 1.03 bits per heavy atom. The zero-order valence-corrected chi connectivity index (χ0v) is 20.7. The molecule has 0 spiro atoms. The molecule has 11 atom stereocenters. The van der Waals surface area contributed by atoms with Crippen LogP contribution in [0.25, 0.3) is 0 Å². The Hall–Kier alpha value is -0.840. The van der Waals surface area contributed by atoms with E-state index in [2.05, 4.69) is 26.8 Å². The lowest BCUT2D eigenvalue weighted by molar-refractivity contribution is -0.315. The van der Waals surface area contributed by atoms with E-state index < -0.39 is 49.5 Å². The number of aliphatic hydroxyl groups excluding tert-OH is 6. The van der Waals surface area contributed by atoms with Gasteiger partial charge in [0.25, 0.3) is 0 Å². The highest BCUT2D eigenvalue weighted by molar-refractivity contribution is 5.41. The molecule has 4 rings (SSSR count). The maximum Gasteiger partial charge on any atom is 0.187 e.